The number of hydrogen-bond donors (Lipinski definition) is 0. The Bertz CT molecular complexity index is 812. The summed E-state index contributed by atoms with van der Waals surface area (Å²) < 4.78 is 8.15. The van der Waals surface area contributed by atoms with Gasteiger partial charge in [-0.25, -0.2) is 9.48 Å². The zero-order valence-corrected chi connectivity index (χ0v) is 13.8. The van der Waals surface area contributed by atoms with E-state index in [4.69, 9.17) is 4.52 Å². The molecule has 2 aliphatic heterocycles. The molecule has 1 atom stereocenters. The fraction of sp³-hybridized carbons (Fsp3) is 0.625. The number of fused-ring (bicyclic) bond motifs is 1. The number of amides is 1. The Labute approximate surface area is 139 Å². The maximum atomic E-state index is 12.8. The van der Waals surface area contributed by atoms with Crippen LogP contribution in [-0.2, 0) is 17.8 Å². The molecule has 0 N–H and O–H groups in total. The second-order valence-corrected chi connectivity index (χ2v) is 6.60. The average Bonchev–Trinajstić information content (AvgIpc) is 3.29. The Balaban J connectivity index is 1.64. The fourth-order valence-corrected chi connectivity index (χ4v) is 3.65. The molecule has 0 bridgehead atoms. The van der Waals surface area contributed by atoms with Crippen LogP contribution in [0.4, 0.5) is 0 Å². The summed E-state index contributed by atoms with van der Waals surface area (Å²) in [6.07, 6.45) is 4.40. The van der Waals surface area contributed by atoms with Gasteiger partial charge in [-0.1, -0.05) is 5.16 Å². The summed E-state index contributed by atoms with van der Waals surface area (Å²) in [5.74, 6) is 1.35. The maximum Gasteiger partial charge on any atom is 0.347 e. The van der Waals surface area contributed by atoms with E-state index >= 15 is 0 Å². The van der Waals surface area contributed by atoms with Gasteiger partial charge < -0.3 is 9.42 Å². The van der Waals surface area contributed by atoms with Crippen molar-refractivity contribution in [2.75, 3.05) is 13.1 Å². The Morgan fingerprint density at radius 3 is 2.83 bits per heavy atom. The predicted octanol–water partition coefficient (Wildman–Crippen LogP) is 0.889. The molecule has 1 amide bonds. The molecule has 2 aliphatic rings. The number of likely N-dealkylation sites (tertiary alicyclic amines) is 1. The van der Waals surface area contributed by atoms with Gasteiger partial charge in [-0.3, -0.25) is 9.36 Å². The highest BCUT2D eigenvalue weighted by Crippen LogP contribution is 2.25. The van der Waals surface area contributed by atoms with E-state index in [9.17, 15) is 9.59 Å². The molecule has 4 heterocycles. The van der Waals surface area contributed by atoms with Crippen molar-refractivity contribution in [1.29, 1.82) is 0 Å². The number of aromatic nitrogens is 4. The van der Waals surface area contributed by atoms with Gasteiger partial charge in [0.1, 0.15) is 18.4 Å². The monoisotopic (exact) mass is 331 g/mol. The van der Waals surface area contributed by atoms with Crippen molar-refractivity contribution in [3.8, 4) is 0 Å². The van der Waals surface area contributed by atoms with Crippen LogP contribution in [0.2, 0.25) is 0 Å². The van der Waals surface area contributed by atoms with Crippen molar-refractivity contribution >= 4 is 5.91 Å². The van der Waals surface area contributed by atoms with Crippen LogP contribution >= 0.6 is 0 Å². The first kappa shape index (κ1) is 15.2. The molecule has 1 fully saturated rings. The molecule has 4 rings (SSSR count). The second kappa shape index (κ2) is 5.92. The number of rotatable bonds is 3. The predicted molar refractivity (Wildman–Crippen MR) is 84.6 cm³/mol. The quantitative estimate of drug-likeness (QED) is 0.834. The van der Waals surface area contributed by atoms with E-state index in [0.29, 0.717) is 18.0 Å². The van der Waals surface area contributed by atoms with E-state index in [0.717, 1.165) is 44.5 Å². The minimum Gasteiger partial charge on any atom is -0.359 e. The van der Waals surface area contributed by atoms with Gasteiger partial charge in [0.05, 0.1) is 5.69 Å². The average molecular weight is 331 g/mol. The molecule has 0 saturated carbocycles. The lowest BCUT2D eigenvalue weighted by atomic mass is 10.0. The number of carbonyl (C=O) groups excluding carboxylic acids is 1. The van der Waals surface area contributed by atoms with E-state index in [1.165, 1.54) is 4.68 Å². The van der Waals surface area contributed by atoms with Gasteiger partial charge in [0.2, 0.25) is 5.91 Å². The van der Waals surface area contributed by atoms with E-state index < -0.39 is 6.04 Å². The maximum absolute atomic E-state index is 12.8. The summed E-state index contributed by atoms with van der Waals surface area (Å²) in [5, 5.41) is 8.26. The van der Waals surface area contributed by atoms with Crippen LogP contribution in [-0.4, -0.2) is 43.4 Å². The van der Waals surface area contributed by atoms with Crippen LogP contribution in [0.3, 0.4) is 0 Å². The van der Waals surface area contributed by atoms with Gasteiger partial charge in [0.15, 0.2) is 5.76 Å². The lowest BCUT2D eigenvalue weighted by Gasteiger charge is -2.27. The lowest BCUT2D eigenvalue weighted by Crippen LogP contribution is -2.41. The summed E-state index contributed by atoms with van der Waals surface area (Å²) >= 11 is 0. The van der Waals surface area contributed by atoms with Crippen molar-refractivity contribution in [3.05, 3.63) is 33.8 Å². The molecule has 0 aromatic carbocycles. The smallest absolute Gasteiger partial charge is 0.347 e. The Morgan fingerprint density at radius 1 is 1.33 bits per heavy atom. The van der Waals surface area contributed by atoms with Gasteiger partial charge in [-0.2, -0.15) is 5.10 Å². The molecule has 128 valence electrons. The summed E-state index contributed by atoms with van der Waals surface area (Å²) in [5.41, 5.74) is 0.528. The molecule has 0 spiro atoms. The van der Waals surface area contributed by atoms with Crippen molar-refractivity contribution in [2.24, 2.45) is 0 Å². The zero-order chi connectivity index (χ0) is 16.7. The van der Waals surface area contributed by atoms with Crippen LogP contribution in [0.1, 0.15) is 49.0 Å². The van der Waals surface area contributed by atoms with Gasteiger partial charge in [-0.05, 0) is 32.6 Å². The first-order valence-corrected chi connectivity index (χ1v) is 8.52. The topological polar surface area (TPSA) is 86.2 Å². The van der Waals surface area contributed by atoms with Crippen molar-refractivity contribution in [1.82, 2.24) is 24.4 Å². The first-order valence-electron chi connectivity index (χ1n) is 8.52. The van der Waals surface area contributed by atoms with Gasteiger partial charge in [0, 0.05) is 25.6 Å². The molecule has 24 heavy (non-hydrogen) atoms. The highest BCUT2D eigenvalue weighted by molar-refractivity contribution is 5.80. The first-order chi connectivity index (χ1) is 11.6. The summed E-state index contributed by atoms with van der Waals surface area (Å²) in [6, 6.07) is 1.38. The zero-order valence-electron chi connectivity index (χ0n) is 13.8. The third-order valence-electron chi connectivity index (χ3n) is 4.82. The van der Waals surface area contributed by atoms with Gasteiger partial charge >= 0.3 is 5.69 Å². The fourth-order valence-electron chi connectivity index (χ4n) is 3.65. The van der Waals surface area contributed by atoms with E-state index in [1.54, 1.807) is 10.6 Å². The van der Waals surface area contributed by atoms with Crippen LogP contribution in [0.5, 0.6) is 0 Å². The molecule has 0 unspecified atom stereocenters. The highest BCUT2D eigenvalue weighted by atomic mass is 16.5. The minimum absolute atomic E-state index is 0.0607. The van der Waals surface area contributed by atoms with E-state index in [1.807, 2.05) is 11.8 Å². The largest absolute Gasteiger partial charge is 0.359 e. The summed E-state index contributed by atoms with van der Waals surface area (Å²) in [4.78, 5) is 27.5. The molecule has 0 aliphatic carbocycles. The molecule has 2 aromatic heterocycles. The van der Waals surface area contributed by atoms with E-state index in [2.05, 4.69) is 10.3 Å². The standard InChI is InChI=1S/C16H21N5O3/c1-11-9-12(24-18-11)10-20-16(23)21-13(5-4-6-14(21)17-20)15(22)19-7-2-3-8-19/h9,13H,2-8,10H2,1H3/t13-/m1/s1. The Kier molecular flexibility index (Phi) is 3.74. The molecule has 1 saturated heterocycles. The Morgan fingerprint density at radius 2 is 2.12 bits per heavy atom. The normalized spacial score (nSPS) is 20.4. The number of nitrogens with zero attached hydrogens (tertiary/aromatic N) is 5. The van der Waals surface area contributed by atoms with Crippen molar-refractivity contribution < 1.29 is 9.32 Å². The Hall–Kier alpha value is -2.38. The van der Waals surface area contributed by atoms with Crippen LogP contribution < -0.4 is 5.69 Å². The molecule has 8 heteroatoms. The van der Waals surface area contributed by atoms with Crippen LogP contribution in [0.15, 0.2) is 15.4 Å². The van der Waals surface area contributed by atoms with Gasteiger partial charge in [-0.15, -0.1) is 0 Å². The number of aryl methyl sites for hydroxylation is 2. The summed E-state index contributed by atoms with van der Waals surface area (Å²) in [7, 11) is 0. The SMILES string of the molecule is Cc1cc(Cn2nc3n(c2=O)[C@@H](C(=O)N2CCCC2)CCC3)on1. The minimum atomic E-state index is -0.412. The molecule has 0 radical (unpaired) electrons. The van der Waals surface area contributed by atoms with Crippen LogP contribution in [0.25, 0.3) is 0 Å². The molecular formula is C16H21N5O3. The molecule has 2 aromatic rings. The van der Waals surface area contributed by atoms with E-state index in [-0.39, 0.29) is 18.1 Å². The molecule has 8 nitrogen and oxygen atoms in total. The lowest BCUT2D eigenvalue weighted by molar-refractivity contribution is -0.134. The summed E-state index contributed by atoms with van der Waals surface area (Å²) in [6.45, 7) is 3.67. The highest BCUT2D eigenvalue weighted by Gasteiger charge is 2.34. The van der Waals surface area contributed by atoms with Crippen molar-refractivity contribution in [3.63, 3.8) is 0 Å². The van der Waals surface area contributed by atoms with Crippen LogP contribution in [0, 0.1) is 6.92 Å². The number of carbonyl (C=O) groups is 1. The van der Waals surface area contributed by atoms with Gasteiger partial charge in [0.25, 0.3) is 0 Å². The third-order valence-corrected chi connectivity index (χ3v) is 4.82. The third kappa shape index (κ3) is 2.55. The second-order valence-electron chi connectivity index (χ2n) is 6.60. The van der Waals surface area contributed by atoms with Crippen molar-refractivity contribution in [2.45, 2.75) is 51.6 Å². The number of hydrogen-bond acceptors (Lipinski definition) is 5. The molecular weight excluding hydrogens is 310 g/mol.